The van der Waals surface area contributed by atoms with Gasteiger partial charge >= 0.3 is 6.03 Å². The summed E-state index contributed by atoms with van der Waals surface area (Å²) < 4.78 is 0. The topological polar surface area (TPSA) is 99.3 Å². The second-order valence-corrected chi connectivity index (χ2v) is 5.63. The second kappa shape index (κ2) is 8.68. The maximum absolute atomic E-state index is 11.8. The molecule has 0 aliphatic rings. The number of nitrogens with one attached hydrogen (secondary N) is 4. The van der Waals surface area contributed by atoms with E-state index in [1.54, 1.807) is 35.7 Å². The Morgan fingerprint density at radius 3 is 2.25 bits per heavy atom. The van der Waals surface area contributed by atoms with Crippen LogP contribution in [0.4, 0.5) is 16.2 Å². The average molecular weight is 346 g/mol. The molecule has 1 heterocycles. The molecule has 2 rings (SSSR count). The third-order valence-corrected chi connectivity index (χ3v) is 3.76. The number of hydrogen-bond acceptors (Lipinski definition) is 4. The minimum atomic E-state index is -0.312. The number of rotatable bonds is 6. The van der Waals surface area contributed by atoms with Crippen LogP contribution in [0, 0.1) is 0 Å². The van der Waals surface area contributed by atoms with Crippen LogP contribution < -0.4 is 21.3 Å². The first kappa shape index (κ1) is 17.5. The van der Waals surface area contributed by atoms with Crippen molar-refractivity contribution in [2.24, 2.45) is 0 Å². The van der Waals surface area contributed by atoms with Gasteiger partial charge in [-0.05, 0) is 35.7 Å². The predicted octanol–water partition coefficient (Wildman–Crippen LogP) is 2.26. The van der Waals surface area contributed by atoms with Crippen molar-refractivity contribution in [3.63, 3.8) is 0 Å². The van der Waals surface area contributed by atoms with Gasteiger partial charge in [-0.1, -0.05) is 0 Å². The quantitative estimate of drug-likeness (QED) is 0.645. The van der Waals surface area contributed by atoms with Gasteiger partial charge < -0.3 is 21.3 Å². The molecule has 0 aliphatic carbocycles. The molecule has 7 nitrogen and oxygen atoms in total. The van der Waals surface area contributed by atoms with Gasteiger partial charge in [0.15, 0.2) is 0 Å². The molecule has 2 aromatic rings. The van der Waals surface area contributed by atoms with E-state index in [9.17, 15) is 14.4 Å². The van der Waals surface area contributed by atoms with Crippen molar-refractivity contribution in [1.82, 2.24) is 10.6 Å². The molecule has 0 saturated heterocycles. The highest BCUT2D eigenvalue weighted by atomic mass is 32.1. The normalized spacial score (nSPS) is 9.88. The smallest absolute Gasteiger partial charge is 0.318 e. The van der Waals surface area contributed by atoms with E-state index in [1.807, 2.05) is 5.38 Å². The number of carbonyl (C=O) groups is 3. The monoisotopic (exact) mass is 346 g/mol. The van der Waals surface area contributed by atoms with Gasteiger partial charge in [-0.3, -0.25) is 9.59 Å². The molecule has 0 fully saturated rings. The Hall–Kier alpha value is -2.87. The lowest BCUT2D eigenvalue weighted by molar-refractivity contribution is -0.116. The molecule has 0 unspecified atom stereocenters. The van der Waals surface area contributed by atoms with Crippen LogP contribution in [0.1, 0.15) is 16.8 Å². The third kappa shape index (κ3) is 5.40. The van der Waals surface area contributed by atoms with E-state index < -0.39 is 0 Å². The first-order chi connectivity index (χ1) is 11.6. The zero-order valence-electron chi connectivity index (χ0n) is 13.1. The van der Waals surface area contributed by atoms with E-state index in [-0.39, 0.29) is 30.8 Å². The molecule has 1 aromatic heterocycles. The van der Waals surface area contributed by atoms with Crippen molar-refractivity contribution < 1.29 is 14.4 Å². The fourth-order valence-corrected chi connectivity index (χ4v) is 2.48. The summed E-state index contributed by atoms with van der Waals surface area (Å²) in [5.41, 5.74) is 1.83. The highest BCUT2D eigenvalue weighted by molar-refractivity contribution is 7.08. The number of hydrogen-bond donors (Lipinski definition) is 4. The van der Waals surface area contributed by atoms with Crippen LogP contribution in [0.2, 0.25) is 0 Å². The molecule has 0 saturated carbocycles. The lowest BCUT2D eigenvalue weighted by Crippen LogP contribution is -2.27. The molecule has 0 atom stereocenters. The first-order valence-corrected chi connectivity index (χ1v) is 8.22. The van der Waals surface area contributed by atoms with Crippen molar-refractivity contribution in [1.29, 1.82) is 0 Å². The SMILES string of the molecule is CNC(=O)Nc1ccc(NC(=O)CCNC(=O)c2ccsc2)cc1. The number of benzene rings is 1. The average Bonchev–Trinajstić information content (AvgIpc) is 3.11. The number of carbonyl (C=O) groups excluding carboxylic acids is 3. The van der Waals surface area contributed by atoms with E-state index >= 15 is 0 Å². The van der Waals surface area contributed by atoms with Gasteiger partial charge in [-0.2, -0.15) is 11.3 Å². The summed E-state index contributed by atoms with van der Waals surface area (Å²) in [7, 11) is 1.53. The molecule has 126 valence electrons. The maximum Gasteiger partial charge on any atom is 0.318 e. The van der Waals surface area contributed by atoms with Crippen LogP contribution in [-0.4, -0.2) is 31.4 Å². The van der Waals surface area contributed by atoms with Gasteiger partial charge in [-0.15, -0.1) is 0 Å². The molecule has 0 spiro atoms. The summed E-state index contributed by atoms with van der Waals surface area (Å²) in [5.74, 6) is -0.388. The summed E-state index contributed by atoms with van der Waals surface area (Å²) in [6, 6.07) is 8.16. The fraction of sp³-hybridized carbons (Fsp3) is 0.188. The van der Waals surface area contributed by atoms with Gasteiger partial charge in [0.05, 0.1) is 0 Å². The molecule has 24 heavy (non-hydrogen) atoms. The van der Waals surface area contributed by atoms with Crippen molar-refractivity contribution in [2.45, 2.75) is 6.42 Å². The largest absolute Gasteiger partial charge is 0.351 e. The van der Waals surface area contributed by atoms with E-state index in [4.69, 9.17) is 0 Å². The zero-order valence-corrected chi connectivity index (χ0v) is 13.9. The maximum atomic E-state index is 11.8. The Bertz CT molecular complexity index is 699. The Morgan fingerprint density at radius 2 is 1.67 bits per heavy atom. The van der Waals surface area contributed by atoms with Crippen LogP contribution in [0.5, 0.6) is 0 Å². The van der Waals surface area contributed by atoms with Crippen molar-refractivity contribution in [3.05, 3.63) is 46.7 Å². The van der Waals surface area contributed by atoms with Gasteiger partial charge in [-0.25, -0.2) is 4.79 Å². The van der Waals surface area contributed by atoms with Crippen LogP contribution in [0.3, 0.4) is 0 Å². The second-order valence-electron chi connectivity index (χ2n) is 4.85. The lowest BCUT2D eigenvalue weighted by atomic mass is 10.2. The first-order valence-electron chi connectivity index (χ1n) is 7.27. The highest BCUT2D eigenvalue weighted by Crippen LogP contribution is 2.13. The highest BCUT2D eigenvalue weighted by Gasteiger charge is 2.07. The Labute approximate surface area is 143 Å². The van der Waals surface area contributed by atoms with Crippen LogP contribution in [0.15, 0.2) is 41.1 Å². The molecule has 0 bridgehead atoms. The summed E-state index contributed by atoms with van der Waals surface area (Å²) in [6.07, 6.45) is 0.175. The Balaban J connectivity index is 1.74. The summed E-state index contributed by atoms with van der Waals surface area (Å²) >= 11 is 1.45. The fourth-order valence-electron chi connectivity index (χ4n) is 1.84. The third-order valence-electron chi connectivity index (χ3n) is 3.07. The molecule has 4 amide bonds. The van der Waals surface area contributed by atoms with Crippen LogP contribution >= 0.6 is 11.3 Å². The van der Waals surface area contributed by atoms with Crippen molar-refractivity contribution >= 4 is 40.6 Å². The van der Waals surface area contributed by atoms with Gasteiger partial charge in [0.1, 0.15) is 0 Å². The zero-order chi connectivity index (χ0) is 17.4. The molecule has 8 heteroatoms. The number of thiophene rings is 1. The molecular formula is C16H18N4O3S. The van der Waals surface area contributed by atoms with Crippen molar-refractivity contribution in [2.75, 3.05) is 24.2 Å². The molecule has 0 radical (unpaired) electrons. The summed E-state index contributed by atoms with van der Waals surface area (Å²) in [4.78, 5) is 34.7. The standard InChI is InChI=1S/C16H18N4O3S/c1-17-16(23)20-13-4-2-12(3-5-13)19-14(21)6-8-18-15(22)11-7-9-24-10-11/h2-5,7,9-10H,6,8H2,1H3,(H,18,22)(H,19,21)(H2,17,20,23). The van der Waals surface area contributed by atoms with Crippen molar-refractivity contribution in [3.8, 4) is 0 Å². The molecule has 4 N–H and O–H groups in total. The Kier molecular flexibility index (Phi) is 6.32. The molecular weight excluding hydrogens is 328 g/mol. The number of amides is 4. The minimum Gasteiger partial charge on any atom is -0.351 e. The van der Waals surface area contributed by atoms with Crippen LogP contribution in [-0.2, 0) is 4.79 Å². The van der Waals surface area contributed by atoms with E-state index in [2.05, 4.69) is 21.3 Å². The Morgan fingerprint density at radius 1 is 1.00 bits per heavy atom. The molecule has 0 aliphatic heterocycles. The van der Waals surface area contributed by atoms with Crippen LogP contribution in [0.25, 0.3) is 0 Å². The van der Waals surface area contributed by atoms with E-state index in [1.165, 1.54) is 18.4 Å². The molecule has 1 aromatic carbocycles. The van der Waals surface area contributed by atoms with Gasteiger partial charge in [0.25, 0.3) is 5.91 Å². The van der Waals surface area contributed by atoms with E-state index in [0.29, 0.717) is 16.9 Å². The predicted molar refractivity (Wildman–Crippen MR) is 94.4 cm³/mol. The number of anilines is 2. The van der Waals surface area contributed by atoms with E-state index in [0.717, 1.165) is 0 Å². The summed E-state index contributed by atoms with van der Waals surface area (Å²) in [6.45, 7) is 0.261. The minimum absolute atomic E-state index is 0.175. The summed E-state index contributed by atoms with van der Waals surface area (Å²) in [5, 5.41) is 14.1. The van der Waals surface area contributed by atoms with Gasteiger partial charge in [0.2, 0.25) is 5.91 Å². The number of urea groups is 1. The van der Waals surface area contributed by atoms with Gasteiger partial charge in [0, 0.05) is 42.3 Å². The lowest BCUT2D eigenvalue weighted by Gasteiger charge is -2.08.